The molecule has 1 aliphatic rings. The molecule has 28 heavy (non-hydrogen) atoms. The van der Waals surface area contributed by atoms with Gasteiger partial charge in [0.1, 0.15) is 17.2 Å². The van der Waals surface area contributed by atoms with Gasteiger partial charge in [-0.15, -0.1) is 11.3 Å². The van der Waals surface area contributed by atoms with Crippen LogP contribution in [0.2, 0.25) is 0 Å². The number of hydrogen-bond acceptors (Lipinski definition) is 4. The topological polar surface area (TPSA) is 44.1 Å². The number of nitrogens with zero attached hydrogens (tertiary/aromatic N) is 2. The molecule has 4 nitrogen and oxygen atoms in total. The number of hydrogen-bond donors (Lipinski definition) is 0. The molecule has 1 aliphatic carbocycles. The van der Waals surface area contributed by atoms with Crippen LogP contribution in [0, 0.1) is 18.3 Å². The van der Waals surface area contributed by atoms with Gasteiger partial charge in [-0.2, -0.15) is 0 Å². The maximum atomic E-state index is 13.1. The van der Waals surface area contributed by atoms with E-state index in [-0.39, 0.29) is 5.56 Å². The van der Waals surface area contributed by atoms with Crippen molar-refractivity contribution in [2.45, 2.75) is 53.5 Å². The Morgan fingerprint density at radius 3 is 2.89 bits per heavy atom. The molecule has 0 fully saturated rings. The smallest absolute Gasteiger partial charge is 0.262 e. The van der Waals surface area contributed by atoms with E-state index in [1.807, 2.05) is 31.2 Å². The molecule has 4 rings (SSSR count). The van der Waals surface area contributed by atoms with Crippen molar-refractivity contribution in [1.29, 1.82) is 0 Å². The van der Waals surface area contributed by atoms with E-state index < -0.39 is 0 Å². The van der Waals surface area contributed by atoms with Crippen LogP contribution >= 0.6 is 11.3 Å². The first kappa shape index (κ1) is 19.2. The minimum absolute atomic E-state index is 0.0737. The fourth-order valence-corrected chi connectivity index (χ4v) is 5.32. The molecule has 0 spiro atoms. The third-order valence-corrected chi connectivity index (χ3v) is 7.01. The van der Waals surface area contributed by atoms with E-state index in [1.165, 1.54) is 10.4 Å². The Bertz CT molecular complexity index is 1060. The standard InChI is InChI=1S/C23H28N2O2S/c1-15-6-5-7-17(12-15)27-11-10-25-14-24-21-20(22(25)26)18-9-8-16(23(2,3)4)13-19(18)28-21/h5-7,12,14,16H,8-11,13H2,1-4H3. The molecule has 0 N–H and O–H groups in total. The Hall–Kier alpha value is -2.14. The van der Waals surface area contributed by atoms with Crippen LogP contribution in [0.4, 0.5) is 0 Å². The number of benzene rings is 1. The first-order chi connectivity index (χ1) is 13.3. The number of aryl methyl sites for hydroxylation is 2. The zero-order valence-corrected chi connectivity index (χ0v) is 17.9. The van der Waals surface area contributed by atoms with Gasteiger partial charge < -0.3 is 4.74 Å². The molecule has 0 aliphatic heterocycles. The van der Waals surface area contributed by atoms with E-state index in [1.54, 1.807) is 22.2 Å². The second-order valence-electron chi connectivity index (χ2n) is 8.90. The Balaban J connectivity index is 1.55. The molecule has 0 radical (unpaired) electrons. The highest BCUT2D eigenvalue weighted by molar-refractivity contribution is 7.18. The third kappa shape index (κ3) is 3.72. The fourth-order valence-electron chi connectivity index (χ4n) is 4.07. The molecule has 1 aromatic carbocycles. The van der Waals surface area contributed by atoms with Gasteiger partial charge in [-0.3, -0.25) is 9.36 Å². The molecule has 0 amide bonds. The number of fused-ring (bicyclic) bond motifs is 3. The van der Waals surface area contributed by atoms with E-state index in [4.69, 9.17) is 4.74 Å². The van der Waals surface area contributed by atoms with Crippen molar-refractivity contribution < 1.29 is 4.74 Å². The Morgan fingerprint density at radius 1 is 1.32 bits per heavy atom. The molecule has 2 aromatic heterocycles. The lowest BCUT2D eigenvalue weighted by atomic mass is 9.72. The largest absolute Gasteiger partial charge is 0.492 e. The molecule has 2 heterocycles. The summed E-state index contributed by atoms with van der Waals surface area (Å²) >= 11 is 1.71. The lowest BCUT2D eigenvalue weighted by Crippen LogP contribution is -2.27. The van der Waals surface area contributed by atoms with E-state index in [0.29, 0.717) is 24.5 Å². The van der Waals surface area contributed by atoms with Gasteiger partial charge in [0, 0.05) is 4.88 Å². The second-order valence-corrected chi connectivity index (χ2v) is 9.98. The molecule has 3 aromatic rings. The van der Waals surface area contributed by atoms with Gasteiger partial charge in [-0.05, 0) is 60.8 Å². The van der Waals surface area contributed by atoms with Gasteiger partial charge in [0.2, 0.25) is 0 Å². The van der Waals surface area contributed by atoms with Crippen LogP contribution < -0.4 is 10.3 Å². The SMILES string of the molecule is Cc1cccc(OCCn2cnc3sc4c(c3c2=O)CCC(C(C)(C)C)C4)c1. The van der Waals surface area contributed by atoms with E-state index >= 15 is 0 Å². The van der Waals surface area contributed by atoms with E-state index in [9.17, 15) is 4.79 Å². The predicted octanol–water partition coefficient (Wildman–Crippen LogP) is 5.00. The normalized spacial score (nSPS) is 16.9. The van der Waals surface area contributed by atoms with Crippen LogP contribution in [0.1, 0.15) is 43.2 Å². The van der Waals surface area contributed by atoms with Crippen molar-refractivity contribution >= 4 is 21.6 Å². The maximum Gasteiger partial charge on any atom is 0.262 e. The van der Waals surface area contributed by atoms with Gasteiger partial charge in [-0.25, -0.2) is 4.98 Å². The summed E-state index contributed by atoms with van der Waals surface area (Å²) in [4.78, 5) is 20.0. The van der Waals surface area contributed by atoms with Crippen LogP contribution in [0.25, 0.3) is 10.2 Å². The zero-order chi connectivity index (χ0) is 19.9. The number of rotatable bonds is 4. The summed E-state index contributed by atoms with van der Waals surface area (Å²) in [6, 6.07) is 7.97. The monoisotopic (exact) mass is 396 g/mol. The highest BCUT2D eigenvalue weighted by Gasteiger charge is 2.31. The number of thiophene rings is 1. The zero-order valence-electron chi connectivity index (χ0n) is 17.1. The van der Waals surface area contributed by atoms with Crippen LogP contribution in [0.3, 0.4) is 0 Å². The minimum atomic E-state index is 0.0737. The average molecular weight is 397 g/mol. The number of aromatic nitrogens is 2. The van der Waals surface area contributed by atoms with E-state index in [0.717, 1.165) is 40.8 Å². The van der Waals surface area contributed by atoms with Crippen LogP contribution in [0.5, 0.6) is 5.75 Å². The highest BCUT2D eigenvalue weighted by Crippen LogP contribution is 2.41. The molecule has 5 heteroatoms. The van der Waals surface area contributed by atoms with Crippen molar-refractivity contribution in [3.63, 3.8) is 0 Å². The van der Waals surface area contributed by atoms with Crippen LogP contribution in [0.15, 0.2) is 35.4 Å². The van der Waals surface area contributed by atoms with Crippen molar-refractivity contribution in [2.75, 3.05) is 6.61 Å². The maximum absolute atomic E-state index is 13.1. The quantitative estimate of drug-likeness (QED) is 0.624. The summed E-state index contributed by atoms with van der Waals surface area (Å²) in [6.07, 6.45) is 4.87. The molecule has 148 valence electrons. The Kier molecular flexibility index (Phi) is 5.04. The van der Waals surface area contributed by atoms with Crippen molar-refractivity contribution in [1.82, 2.24) is 9.55 Å². The summed E-state index contributed by atoms with van der Waals surface area (Å²) in [7, 11) is 0. The molecule has 1 unspecified atom stereocenters. The average Bonchev–Trinajstić information content (AvgIpc) is 3.01. The first-order valence-electron chi connectivity index (χ1n) is 10.0. The summed E-state index contributed by atoms with van der Waals surface area (Å²) in [5.74, 6) is 1.50. The lowest BCUT2D eigenvalue weighted by molar-refractivity contribution is 0.218. The third-order valence-electron chi connectivity index (χ3n) is 5.85. The molecule has 0 saturated heterocycles. The summed E-state index contributed by atoms with van der Waals surface area (Å²) in [6.45, 7) is 9.94. The first-order valence-corrected chi connectivity index (χ1v) is 10.8. The van der Waals surface area contributed by atoms with Gasteiger partial charge in [-0.1, -0.05) is 32.9 Å². The summed E-state index contributed by atoms with van der Waals surface area (Å²) in [5, 5.41) is 0.838. The van der Waals surface area contributed by atoms with Crippen molar-refractivity contribution in [2.24, 2.45) is 11.3 Å². The van der Waals surface area contributed by atoms with Crippen molar-refractivity contribution in [3.05, 3.63) is 57.0 Å². The summed E-state index contributed by atoms with van der Waals surface area (Å²) < 4.78 is 7.51. The highest BCUT2D eigenvalue weighted by atomic mass is 32.1. The minimum Gasteiger partial charge on any atom is -0.492 e. The van der Waals surface area contributed by atoms with Gasteiger partial charge in [0.05, 0.1) is 18.3 Å². The predicted molar refractivity (Wildman–Crippen MR) is 116 cm³/mol. The van der Waals surface area contributed by atoms with Crippen molar-refractivity contribution in [3.8, 4) is 5.75 Å². The molecule has 0 saturated carbocycles. The Morgan fingerprint density at radius 2 is 2.14 bits per heavy atom. The molecule has 0 bridgehead atoms. The van der Waals surface area contributed by atoms with Crippen LogP contribution in [-0.4, -0.2) is 16.2 Å². The lowest BCUT2D eigenvalue weighted by Gasteiger charge is -2.33. The molecular weight excluding hydrogens is 368 g/mol. The summed E-state index contributed by atoms with van der Waals surface area (Å²) in [5.41, 5.74) is 2.78. The second kappa shape index (κ2) is 7.36. The fraction of sp³-hybridized carbons (Fsp3) is 0.478. The van der Waals surface area contributed by atoms with Gasteiger partial charge in [0.25, 0.3) is 5.56 Å². The molecule has 1 atom stereocenters. The van der Waals surface area contributed by atoms with E-state index in [2.05, 4.69) is 25.8 Å². The Labute approximate surface area is 170 Å². The number of ether oxygens (including phenoxy) is 1. The molecular formula is C23H28N2O2S. The van der Waals surface area contributed by atoms with Gasteiger partial charge in [0.15, 0.2) is 0 Å². The van der Waals surface area contributed by atoms with Crippen LogP contribution in [-0.2, 0) is 19.4 Å². The van der Waals surface area contributed by atoms with Gasteiger partial charge >= 0.3 is 0 Å².